The van der Waals surface area contributed by atoms with E-state index in [0.29, 0.717) is 0 Å². The number of hydrogen-bond donors (Lipinski definition) is 1. The molecule has 0 aromatic carbocycles. The second kappa shape index (κ2) is 7.29. The standard InChI is InChI=1S/C12H23N3O2/c1-11(2)15-9-8-14(12(15)16)7-4-5-13-6-10-17-3/h8-9,11,13H,4-7,10H2,1-3H3. The normalized spacial score (nSPS) is 11.3. The third-order valence-corrected chi connectivity index (χ3v) is 2.67. The summed E-state index contributed by atoms with van der Waals surface area (Å²) in [6, 6.07) is 0.226. The Hall–Kier alpha value is -1.07. The number of methoxy groups -OCH3 is 1. The first-order chi connectivity index (χ1) is 8.16. The van der Waals surface area contributed by atoms with Gasteiger partial charge in [0.05, 0.1) is 6.61 Å². The van der Waals surface area contributed by atoms with Crippen LogP contribution < -0.4 is 11.0 Å². The average Bonchev–Trinajstić information content (AvgIpc) is 2.65. The largest absolute Gasteiger partial charge is 0.383 e. The van der Waals surface area contributed by atoms with E-state index in [1.165, 1.54) is 0 Å². The molecule has 0 fully saturated rings. The minimum absolute atomic E-state index is 0.0805. The Labute approximate surface area is 102 Å². The molecule has 0 aliphatic rings. The van der Waals surface area contributed by atoms with Gasteiger partial charge in [0.1, 0.15) is 0 Å². The molecule has 1 N–H and O–H groups in total. The fourth-order valence-electron chi connectivity index (χ4n) is 1.66. The minimum atomic E-state index is 0.0805. The van der Waals surface area contributed by atoms with Crippen LogP contribution in [-0.2, 0) is 11.3 Å². The van der Waals surface area contributed by atoms with Gasteiger partial charge in [0.25, 0.3) is 0 Å². The lowest BCUT2D eigenvalue weighted by atomic mass is 10.4. The number of rotatable bonds is 8. The van der Waals surface area contributed by atoms with Gasteiger partial charge >= 0.3 is 5.69 Å². The van der Waals surface area contributed by atoms with Gasteiger partial charge in [-0.15, -0.1) is 0 Å². The molecule has 0 spiro atoms. The predicted molar refractivity (Wildman–Crippen MR) is 68.4 cm³/mol. The van der Waals surface area contributed by atoms with E-state index in [-0.39, 0.29) is 11.7 Å². The van der Waals surface area contributed by atoms with E-state index < -0.39 is 0 Å². The molecule has 1 aromatic heterocycles. The lowest BCUT2D eigenvalue weighted by molar-refractivity contribution is 0.199. The molecule has 0 amide bonds. The topological polar surface area (TPSA) is 48.2 Å². The van der Waals surface area contributed by atoms with E-state index in [9.17, 15) is 4.79 Å². The van der Waals surface area contributed by atoms with Crippen LogP contribution in [0.3, 0.4) is 0 Å². The van der Waals surface area contributed by atoms with Crippen molar-refractivity contribution in [2.75, 3.05) is 26.8 Å². The van der Waals surface area contributed by atoms with Crippen LogP contribution in [0.1, 0.15) is 26.3 Å². The predicted octanol–water partition coefficient (Wildman–Crippen LogP) is 0.857. The monoisotopic (exact) mass is 241 g/mol. The second-order valence-electron chi connectivity index (χ2n) is 4.37. The van der Waals surface area contributed by atoms with Crippen molar-refractivity contribution in [3.63, 3.8) is 0 Å². The van der Waals surface area contributed by atoms with Crippen molar-refractivity contribution in [3.05, 3.63) is 22.9 Å². The quantitative estimate of drug-likeness (QED) is 0.687. The summed E-state index contributed by atoms with van der Waals surface area (Å²) in [5.74, 6) is 0. The fraction of sp³-hybridized carbons (Fsp3) is 0.750. The van der Waals surface area contributed by atoms with Crippen LogP contribution in [0, 0.1) is 0 Å². The summed E-state index contributed by atoms with van der Waals surface area (Å²) in [5, 5.41) is 3.26. The highest BCUT2D eigenvalue weighted by Gasteiger charge is 2.04. The summed E-state index contributed by atoms with van der Waals surface area (Å²) in [6.07, 6.45) is 4.66. The van der Waals surface area contributed by atoms with E-state index in [1.807, 2.05) is 26.2 Å². The molecular weight excluding hydrogens is 218 g/mol. The average molecular weight is 241 g/mol. The molecule has 0 aliphatic heterocycles. The molecular formula is C12H23N3O2. The molecule has 5 heteroatoms. The summed E-state index contributed by atoms with van der Waals surface area (Å²) < 4.78 is 8.44. The maximum Gasteiger partial charge on any atom is 0.328 e. The van der Waals surface area contributed by atoms with Gasteiger partial charge in [-0.3, -0.25) is 9.13 Å². The van der Waals surface area contributed by atoms with Gasteiger partial charge in [-0.25, -0.2) is 4.79 Å². The first kappa shape index (κ1) is 14.0. The molecule has 0 radical (unpaired) electrons. The van der Waals surface area contributed by atoms with Crippen molar-refractivity contribution in [2.45, 2.75) is 32.9 Å². The van der Waals surface area contributed by atoms with E-state index in [1.54, 1.807) is 16.2 Å². The van der Waals surface area contributed by atoms with Crippen LogP contribution in [0.4, 0.5) is 0 Å². The van der Waals surface area contributed by atoms with E-state index in [4.69, 9.17) is 4.74 Å². The van der Waals surface area contributed by atoms with Gasteiger partial charge in [-0.1, -0.05) is 0 Å². The molecule has 98 valence electrons. The maximum atomic E-state index is 11.9. The number of nitrogens with zero attached hydrogens (tertiary/aromatic N) is 2. The zero-order valence-corrected chi connectivity index (χ0v) is 11.0. The van der Waals surface area contributed by atoms with Crippen LogP contribution in [-0.4, -0.2) is 35.9 Å². The Morgan fingerprint density at radius 1 is 1.35 bits per heavy atom. The highest BCUT2D eigenvalue weighted by Crippen LogP contribution is 1.99. The van der Waals surface area contributed by atoms with Crippen LogP contribution in [0.15, 0.2) is 17.2 Å². The Morgan fingerprint density at radius 3 is 2.71 bits per heavy atom. The summed E-state index contributed by atoms with van der Waals surface area (Å²) in [7, 11) is 1.69. The van der Waals surface area contributed by atoms with Crippen molar-refractivity contribution >= 4 is 0 Å². The van der Waals surface area contributed by atoms with Crippen molar-refractivity contribution in [1.29, 1.82) is 0 Å². The third kappa shape index (κ3) is 4.36. The summed E-state index contributed by atoms with van der Waals surface area (Å²) in [4.78, 5) is 11.9. The molecule has 1 aromatic rings. The van der Waals surface area contributed by atoms with Crippen LogP contribution >= 0.6 is 0 Å². The van der Waals surface area contributed by atoms with Gasteiger partial charge in [-0.2, -0.15) is 0 Å². The van der Waals surface area contributed by atoms with Crippen molar-refractivity contribution < 1.29 is 4.74 Å². The van der Waals surface area contributed by atoms with E-state index in [0.717, 1.165) is 32.7 Å². The number of imidazole rings is 1. The van der Waals surface area contributed by atoms with E-state index >= 15 is 0 Å². The van der Waals surface area contributed by atoms with Gasteiger partial charge in [-0.05, 0) is 26.8 Å². The number of nitrogens with one attached hydrogen (secondary N) is 1. The van der Waals surface area contributed by atoms with Crippen LogP contribution in [0.5, 0.6) is 0 Å². The highest BCUT2D eigenvalue weighted by atomic mass is 16.5. The SMILES string of the molecule is COCCNCCCn1ccn(C(C)C)c1=O. The van der Waals surface area contributed by atoms with Crippen molar-refractivity contribution in [3.8, 4) is 0 Å². The Kier molecular flexibility index (Phi) is 6.00. The molecule has 1 rings (SSSR count). The van der Waals surface area contributed by atoms with Gasteiger partial charge < -0.3 is 10.1 Å². The maximum absolute atomic E-state index is 11.9. The first-order valence-corrected chi connectivity index (χ1v) is 6.13. The van der Waals surface area contributed by atoms with Crippen molar-refractivity contribution in [1.82, 2.24) is 14.5 Å². The summed E-state index contributed by atoms with van der Waals surface area (Å²) >= 11 is 0. The Bertz CT molecular complexity index is 368. The van der Waals surface area contributed by atoms with Gasteiger partial charge in [0.15, 0.2) is 0 Å². The smallest absolute Gasteiger partial charge is 0.328 e. The zero-order valence-electron chi connectivity index (χ0n) is 11.0. The molecule has 0 saturated heterocycles. The molecule has 0 atom stereocenters. The lowest BCUT2D eigenvalue weighted by Gasteiger charge is -2.06. The molecule has 0 aliphatic carbocycles. The Balaban J connectivity index is 2.30. The zero-order chi connectivity index (χ0) is 12.7. The summed E-state index contributed by atoms with van der Waals surface area (Å²) in [5.41, 5.74) is 0.0805. The second-order valence-corrected chi connectivity index (χ2v) is 4.37. The van der Waals surface area contributed by atoms with Crippen molar-refractivity contribution in [2.24, 2.45) is 0 Å². The molecule has 5 nitrogen and oxygen atoms in total. The molecule has 0 saturated carbocycles. The first-order valence-electron chi connectivity index (χ1n) is 6.13. The number of aromatic nitrogens is 2. The Morgan fingerprint density at radius 2 is 2.12 bits per heavy atom. The third-order valence-electron chi connectivity index (χ3n) is 2.67. The summed E-state index contributed by atoms with van der Waals surface area (Å²) in [6.45, 7) is 7.28. The number of aryl methyl sites for hydroxylation is 1. The molecule has 17 heavy (non-hydrogen) atoms. The number of ether oxygens (including phenoxy) is 1. The fourth-order valence-corrected chi connectivity index (χ4v) is 1.66. The minimum Gasteiger partial charge on any atom is -0.383 e. The van der Waals surface area contributed by atoms with Gasteiger partial charge in [0.2, 0.25) is 0 Å². The number of hydrogen-bond acceptors (Lipinski definition) is 3. The molecule has 1 heterocycles. The molecule has 0 unspecified atom stereocenters. The van der Waals surface area contributed by atoms with Crippen LogP contribution in [0.2, 0.25) is 0 Å². The lowest BCUT2D eigenvalue weighted by Crippen LogP contribution is -2.27. The van der Waals surface area contributed by atoms with E-state index in [2.05, 4.69) is 5.32 Å². The van der Waals surface area contributed by atoms with Gasteiger partial charge in [0, 0.05) is 38.6 Å². The molecule has 0 bridgehead atoms. The van der Waals surface area contributed by atoms with Crippen LogP contribution in [0.25, 0.3) is 0 Å². The highest BCUT2D eigenvalue weighted by molar-refractivity contribution is 4.83.